The number of nitrogens with zero attached hydrogens (tertiary/aromatic N) is 2. The smallest absolute Gasteiger partial charge is 0.274 e. The van der Waals surface area contributed by atoms with E-state index < -0.39 is 11.7 Å². The van der Waals surface area contributed by atoms with Gasteiger partial charge in [0.25, 0.3) is 5.91 Å². The first-order valence-electron chi connectivity index (χ1n) is 6.53. The molecule has 0 saturated carbocycles. The van der Waals surface area contributed by atoms with Crippen LogP contribution in [0.15, 0.2) is 29.4 Å². The lowest BCUT2D eigenvalue weighted by atomic mass is 10.1. The van der Waals surface area contributed by atoms with Gasteiger partial charge in [-0.05, 0) is 18.7 Å². The molecule has 1 saturated heterocycles. The second-order valence-corrected chi connectivity index (χ2v) is 4.53. The first-order chi connectivity index (χ1) is 9.20. The van der Waals surface area contributed by atoms with Gasteiger partial charge in [0.1, 0.15) is 5.82 Å². The summed E-state index contributed by atoms with van der Waals surface area (Å²) in [5, 5.41) is 4.09. The molecule has 0 bridgehead atoms. The van der Waals surface area contributed by atoms with Crippen LogP contribution in [0.3, 0.4) is 0 Å². The number of hydrogen-bond donors (Lipinski definition) is 1. The summed E-state index contributed by atoms with van der Waals surface area (Å²) in [6, 6.07) is 5.90. The van der Waals surface area contributed by atoms with Crippen molar-refractivity contribution < 1.29 is 9.18 Å². The van der Waals surface area contributed by atoms with Gasteiger partial charge < -0.3 is 4.90 Å². The Morgan fingerprint density at radius 2 is 2.05 bits per heavy atom. The van der Waals surface area contributed by atoms with Gasteiger partial charge in [0, 0.05) is 31.6 Å². The zero-order valence-electron chi connectivity index (χ0n) is 11.0. The van der Waals surface area contributed by atoms with Gasteiger partial charge in [-0.25, -0.2) is 9.82 Å². The van der Waals surface area contributed by atoms with Crippen LogP contribution in [0.5, 0.6) is 0 Å². The van der Waals surface area contributed by atoms with Crippen molar-refractivity contribution in [3.8, 4) is 0 Å². The van der Waals surface area contributed by atoms with Crippen LogP contribution in [0.4, 0.5) is 4.39 Å². The third-order valence-electron chi connectivity index (χ3n) is 3.31. The quantitative estimate of drug-likeness (QED) is 0.848. The number of carbonyl (C=O) groups excluding carboxylic acids is 1. The fourth-order valence-corrected chi connectivity index (χ4v) is 2.07. The van der Waals surface area contributed by atoms with Crippen LogP contribution in [0, 0.1) is 5.82 Å². The number of likely N-dealkylation sites (tertiary alicyclic amines) is 1. The molecule has 1 aromatic carbocycles. The summed E-state index contributed by atoms with van der Waals surface area (Å²) < 4.78 is 13.4. The standard InChI is InChI=1S/C14H18FN3O/c1-2-18-9-7-11(8-10-18)16-17-14(19)12-5-3-4-6-13(12)15/h3-6H,2,7-10H2,1H3,(H,17,19). The minimum absolute atomic E-state index is 0.0258. The fourth-order valence-electron chi connectivity index (χ4n) is 2.07. The van der Waals surface area contributed by atoms with Gasteiger partial charge in [0.05, 0.1) is 5.56 Å². The van der Waals surface area contributed by atoms with E-state index in [1.54, 1.807) is 12.1 Å². The highest BCUT2D eigenvalue weighted by Gasteiger charge is 2.14. The Morgan fingerprint density at radius 3 is 2.68 bits per heavy atom. The first-order valence-corrected chi connectivity index (χ1v) is 6.53. The average molecular weight is 263 g/mol. The van der Waals surface area contributed by atoms with Gasteiger partial charge in [-0.2, -0.15) is 5.10 Å². The third-order valence-corrected chi connectivity index (χ3v) is 3.31. The van der Waals surface area contributed by atoms with E-state index in [0.29, 0.717) is 0 Å². The van der Waals surface area contributed by atoms with Crippen LogP contribution >= 0.6 is 0 Å². The molecule has 0 spiro atoms. The summed E-state index contributed by atoms with van der Waals surface area (Å²) in [4.78, 5) is 14.1. The molecule has 1 N–H and O–H groups in total. The van der Waals surface area contributed by atoms with Crippen molar-refractivity contribution in [2.45, 2.75) is 19.8 Å². The number of hydrazone groups is 1. The van der Waals surface area contributed by atoms with E-state index >= 15 is 0 Å². The maximum Gasteiger partial charge on any atom is 0.274 e. The summed E-state index contributed by atoms with van der Waals surface area (Å²) in [6.45, 7) is 5.09. The number of halogens is 1. The molecular formula is C14H18FN3O. The molecule has 2 rings (SSSR count). The number of amides is 1. The average Bonchev–Trinajstić information content (AvgIpc) is 2.46. The summed E-state index contributed by atoms with van der Waals surface area (Å²) in [6.07, 6.45) is 1.71. The summed E-state index contributed by atoms with van der Waals surface area (Å²) in [5.74, 6) is -1.02. The lowest BCUT2D eigenvalue weighted by Crippen LogP contribution is -2.34. The highest BCUT2D eigenvalue weighted by molar-refractivity contribution is 5.95. The second kappa shape index (κ2) is 6.43. The van der Waals surface area contributed by atoms with Gasteiger partial charge in [0.2, 0.25) is 0 Å². The highest BCUT2D eigenvalue weighted by atomic mass is 19.1. The molecule has 0 aromatic heterocycles. The van der Waals surface area contributed by atoms with E-state index in [-0.39, 0.29) is 5.56 Å². The summed E-state index contributed by atoms with van der Waals surface area (Å²) in [5.41, 5.74) is 3.43. The SMILES string of the molecule is CCN1CCC(=NNC(=O)c2ccccc2F)CC1. The maximum atomic E-state index is 13.4. The lowest BCUT2D eigenvalue weighted by molar-refractivity contribution is 0.0950. The van der Waals surface area contributed by atoms with Crippen molar-refractivity contribution in [1.82, 2.24) is 10.3 Å². The number of hydrogen-bond acceptors (Lipinski definition) is 3. The van der Waals surface area contributed by atoms with Gasteiger partial charge in [-0.3, -0.25) is 4.79 Å². The molecule has 4 nitrogen and oxygen atoms in total. The van der Waals surface area contributed by atoms with E-state index in [2.05, 4.69) is 22.4 Å². The molecule has 1 aliphatic heterocycles. The van der Waals surface area contributed by atoms with Crippen LogP contribution in [0.1, 0.15) is 30.1 Å². The van der Waals surface area contributed by atoms with Crippen molar-refractivity contribution in [2.75, 3.05) is 19.6 Å². The van der Waals surface area contributed by atoms with Crippen LogP contribution in [-0.2, 0) is 0 Å². The molecule has 0 atom stereocenters. The molecule has 19 heavy (non-hydrogen) atoms. The molecule has 0 unspecified atom stereocenters. The van der Waals surface area contributed by atoms with E-state index in [1.165, 1.54) is 12.1 Å². The Bertz CT molecular complexity index is 477. The predicted octanol–water partition coefficient (Wildman–Crippen LogP) is 2.03. The number of piperidine rings is 1. The van der Waals surface area contributed by atoms with Crippen LogP contribution in [0.25, 0.3) is 0 Å². The zero-order valence-corrected chi connectivity index (χ0v) is 11.0. The van der Waals surface area contributed by atoms with Crippen molar-refractivity contribution in [3.63, 3.8) is 0 Å². The number of rotatable bonds is 3. The van der Waals surface area contributed by atoms with Crippen LogP contribution in [-0.4, -0.2) is 36.2 Å². The Hall–Kier alpha value is -1.75. The second-order valence-electron chi connectivity index (χ2n) is 4.53. The summed E-state index contributed by atoms with van der Waals surface area (Å²) in [7, 11) is 0. The van der Waals surface area contributed by atoms with Crippen molar-refractivity contribution in [3.05, 3.63) is 35.6 Å². The summed E-state index contributed by atoms with van der Waals surface area (Å²) >= 11 is 0. The highest BCUT2D eigenvalue weighted by Crippen LogP contribution is 2.08. The molecule has 1 heterocycles. The first kappa shape index (κ1) is 13.7. The van der Waals surface area contributed by atoms with Gasteiger partial charge in [0.15, 0.2) is 0 Å². The van der Waals surface area contributed by atoms with E-state index in [1.807, 2.05) is 0 Å². The van der Waals surface area contributed by atoms with E-state index in [0.717, 1.165) is 38.2 Å². The third kappa shape index (κ3) is 3.61. The van der Waals surface area contributed by atoms with Crippen molar-refractivity contribution in [1.29, 1.82) is 0 Å². The van der Waals surface area contributed by atoms with E-state index in [4.69, 9.17) is 0 Å². The van der Waals surface area contributed by atoms with Gasteiger partial charge in [-0.15, -0.1) is 0 Å². The predicted molar refractivity (Wildman–Crippen MR) is 72.6 cm³/mol. The van der Waals surface area contributed by atoms with Crippen LogP contribution in [0.2, 0.25) is 0 Å². The Labute approximate surface area is 112 Å². The molecule has 5 heteroatoms. The fraction of sp³-hybridized carbons (Fsp3) is 0.429. The molecule has 0 aliphatic carbocycles. The molecular weight excluding hydrogens is 245 g/mol. The van der Waals surface area contributed by atoms with Gasteiger partial charge >= 0.3 is 0 Å². The zero-order chi connectivity index (χ0) is 13.7. The Morgan fingerprint density at radius 1 is 1.37 bits per heavy atom. The minimum atomic E-state index is -0.527. The Balaban J connectivity index is 1.92. The molecule has 102 valence electrons. The molecule has 1 amide bonds. The maximum absolute atomic E-state index is 13.4. The molecule has 1 aromatic rings. The minimum Gasteiger partial charge on any atom is -0.303 e. The molecule has 1 fully saturated rings. The van der Waals surface area contributed by atoms with Crippen molar-refractivity contribution in [2.24, 2.45) is 5.10 Å². The van der Waals surface area contributed by atoms with E-state index in [9.17, 15) is 9.18 Å². The monoisotopic (exact) mass is 263 g/mol. The van der Waals surface area contributed by atoms with Gasteiger partial charge in [-0.1, -0.05) is 19.1 Å². The number of nitrogens with one attached hydrogen (secondary N) is 1. The molecule has 0 radical (unpaired) electrons. The number of carbonyl (C=O) groups is 1. The molecule has 1 aliphatic rings. The van der Waals surface area contributed by atoms with Crippen LogP contribution < -0.4 is 5.43 Å². The largest absolute Gasteiger partial charge is 0.303 e. The number of benzene rings is 1. The lowest BCUT2D eigenvalue weighted by Gasteiger charge is -2.25. The Kier molecular flexibility index (Phi) is 4.63. The van der Waals surface area contributed by atoms with Crippen molar-refractivity contribution >= 4 is 11.6 Å². The normalized spacial score (nSPS) is 16.2. The topological polar surface area (TPSA) is 44.7 Å².